The van der Waals surface area contributed by atoms with E-state index in [0.717, 1.165) is 16.4 Å². The number of morpholine rings is 1. The third-order valence-electron chi connectivity index (χ3n) is 6.45. The summed E-state index contributed by atoms with van der Waals surface area (Å²) in [5.41, 5.74) is 0.868. The summed E-state index contributed by atoms with van der Waals surface area (Å²) >= 11 is 0. The van der Waals surface area contributed by atoms with Crippen molar-refractivity contribution in [3.63, 3.8) is 0 Å². The normalized spacial score (nSPS) is 14.7. The fraction of sp³-hybridized carbons (Fsp3) is 0.429. The van der Waals surface area contributed by atoms with E-state index in [1.165, 1.54) is 16.4 Å². The predicted molar refractivity (Wildman–Crippen MR) is 146 cm³/mol. The molecular weight excluding hydrogens is 579 g/mol. The molecule has 0 bridgehead atoms. The molecule has 1 aliphatic heterocycles. The van der Waals surface area contributed by atoms with Gasteiger partial charge in [0.2, 0.25) is 5.89 Å². The third-order valence-corrected chi connectivity index (χ3v) is 8.38. The van der Waals surface area contributed by atoms with Crippen molar-refractivity contribution in [2.24, 2.45) is 0 Å². The second-order valence-corrected chi connectivity index (χ2v) is 11.4. The van der Waals surface area contributed by atoms with E-state index in [1.54, 1.807) is 38.1 Å². The van der Waals surface area contributed by atoms with E-state index in [0.29, 0.717) is 34.8 Å². The zero-order chi connectivity index (χ0) is 30.3. The van der Waals surface area contributed by atoms with E-state index in [2.05, 4.69) is 4.98 Å². The number of carbonyl (C=O) groups excluding carboxylic acids is 1. The molecule has 1 aromatic heterocycles. The van der Waals surface area contributed by atoms with Crippen molar-refractivity contribution in [1.82, 2.24) is 13.6 Å². The molecule has 1 fully saturated rings. The Bertz CT molecular complexity index is 1450. The van der Waals surface area contributed by atoms with Gasteiger partial charge in [0.1, 0.15) is 18.1 Å². The van der Waals surface area contributed by atoms with Gasteiger partial charge in [-0.25, -0.2) is 4.98 Å². The van der Waals surface area contributed by atoms with Crippen LogP contribution in [0.25, 0.3) is 11.5 Å². The standard InChI is InChI=1S/C28H32F3N3O7S/c1-3-39-26(35)19-34(42(36,37)33-12-15-38-16-13-33)18-21-5-4-6-24(17-21)40-14-11-25-20(2)41-27(32-25)22-7-9-23(10-8-22)28(29,30)31/h4-10,17H,3,11-16,18-19H2,1-2H3. The molecule has 0 aliphatic carbocycles. The molecule has 3 aromatic rings. The van der Waals surface area contributed by atoms with E-state index in [-0.39, 0.29) is 52.0 Å². The number of benzene rings is 2. The number of esters is 1. The lowest BCUT2D eigenvalue weighted by Gasteiger charge is -2.31. The molecule has 0 unspecified atom stereocenters. The molecule has 42 heavy (non-hydrogen) atoms. The van der Waals surface area contributed by atoms with Crippen LogP contribution in [0.1, 0.15) is 29.5 Å². The summed E-state index contributed by atoms with van der Waals surface area (Å²) in [5, 5.41) is 0. The Morgan fingerprint density at radius 2 is 1.83 bits per heavy atom. The smallest absolute Gasteiger partial charge is 0.416 e. The number of ether oxygens (including phenoxy) is 3. The quantitative estimate of drug-likeness (QED) is 0.280. The minimum absolute atomic E-state index is 0.0748. The number of oxazole rings is 1. The van der Waals surface area contributed by atoms with Gasteiger partial charge in [-0.3, -0.25) is 4.79 Å². The fourth-order valence-corrected chi connectivity index (χ4v) is 5.82. The summed E-state index contributed by atoms with van der Waals surface area (Å²) in [6.45, 7) is 4.10. The largest absolute Gasteiger partial charge is 0.493 e. The minimum Gasteiger partial charge on any atom is -0.493 e. The third kappa shape index (κ3) is 8.09. The number of carbonyl (C=O) groups is 1. The SMILES string of the molecule is CCOC(=O)CN(Cc1cccc(OCCc2nc(-c3ccc(C(F)(F)F)cc3)oc2C)c1)S(=O)(=O)N1CCOCC1. The van der Waals surface area contributed by atoms with Crippen LogP contribution in [-0.2, 0) is 43.6 Å². The number of nitrogens with zero attached hydrogens (tertiary/aromatic N) is 3. The average Bonchev–Trinajstić information content (AvgIpc) is 3.33. The van der Waals surface area contributed by atoms with Crippen LogP contribution in [0, 0.1) is 6.92 Å². The highest BCUT2D eigenvalue weighted by molar-refractivity contribution is 7.86. The van der Waals surface area contributed by atoms with Crippen molar-refractivity contribution in [1.29, 1.82) is 0 Å². The number of halogens is 3. The zero-order valence-electron chi connectivity index (χ0n) is 23.2. The molecule has 0 N–H and O–H groups in total. The second kappa shape index (κ2) is 13.7. The summed E-state index contributed by atoms with van der Waals surface area (Å²) in [4.78, 5) is 16.7. The van der Waals surface area contributed by atoms with Crippen LogP contribution in [0.15, 0.2) is 52.9 Å². The lowest BCUT2D eigenvalue weighted by Crippen LogP contribution is -2.49. The first-order chi connectivity index (χ1) is 20.0. The molecule has 0 radical (unpaired) electrons. The molecule has 14 heteroatoms. The number of alkyl halides is 3. The van der Waals surface area contributed by atoms with Crippen LogP contribution < -0.4 is 4.74 Å². The van der Waals surface area contributed by atoms with Crippen molar-refractivity contribution in [2.45, 2.75) is 33.0 Å². The first-order valence-electron chi connectivity index (χ1n) is 13.3. The Kier molecular flexibility index (Phi) is 10.2. The Morgan fingerprint density at radius 1 is 1.12 bits per heavy atom. The molecule has 1 saturated heterocycles. The number of rotatable bonds is 12. The van der Waals surface area contributed by atoms with E-state index in [1.807, 2.05) is 0 Å². The maximum absolute atomic E-state index is 13.3. The maximum atomic E-state index is 13.3. The highest BCUT2D eigenvalue weighted by Crippen LogP contribution is 2.31. The van der Waals surface area contributed by atoms with Gasteiger partial charge in [-0.2, -0.15) is 30.2 Å². The number of hydrogen-bond donors (Lipinski definition) is 0. The topological polar surface area (TPSA) is 111 Å². The Balaban J connectivity index is 1.40. The molecular formula is C28H32F3N3O7S. The van der Waals surface area contributed by atoms with Gasteiger partial charge in [0.15, 0.2) is 0 Å². The monoisotopic (exact) mass is 611 g/mol. The molecule has 2 heterocycles. The van der Waals surface area contributed by atoms with Gasteiger partial charge in [0.05, 0.1) is 37.7 Å². The van der Waals surface area contributed by atoms with Gasteiger partial charge in [-0.05, 0) is 55.8 Å². The maximum Gasteiger partial charge on any atom is 0.416 e. The summed E-state index contributed by atoms with van der Waals surface area (Å²) < 4.78 is 89.4. The van der Waals surface area contributed by atoms with Crippen molar-refractivity contribution in [3.8, 4) is 17.2 Å². The lowest BCUT2D eigenvalue weighted by molar-refractivity contribution is -0.143. The van der Waals surface area contributed by atoms with E-state index >= 15 is 0 Å². The van der Waals surface area contributed by atoms with Gasteiger partial charge >= 0.3 is 12.1 Å². The summed E-state index contributed by atoms with van der Waals surface area (Å²) in [5.74, 6) is 0.559. The molecule has 0 saturated carbocycles. The molecule has 0 amide bonds. The average molecular weight is 612 g/mol. The summed E-state index contributed by atoms with van der Waals surface area (Å²) in [6.07, 6.45) is -4.07. The Labute approximate surface area is 242 Å². The van der Waals surface area contributed by atoms with Crippen LogP contribution in [-0.4, -0.2) is 74.0 Å². The number of aryl methyl sites for hydroxylation is 1. The molecule has 228 valence electrons. The lowest BCUT2D eigenvalue weighted by atomic mass is 10.1. The second-order valence-electron chi connectivity index (χ2n) is 9.44. The number of aromatic nitrogens is 1. The fourth-order valence-electron chi connectivity index (χ4n) is 4.30. The van der Waals surface area contributed by atoms with E-state index < -0.39 is 34.5 Å². The highest BCUT2D eigenvalue weighted by Gasteiger charge is 2.33. The molecule has 2 aromatic carbocycles. The highest BCUT2D eigenvalue weighted by atomic mass is 32.2. The van der Waals surface area contributed by atoms with Crippen LogP contribution in [0.4, 0.5) is 13.2 Å². The van der Waals surface area contributed by atoms with Crippen LogP contribution in [0.2, 0.25) is 0 Å². The first-order valence-corrected chi connectivity index (χ1v) is 14.7. The van der Waals surface area contributed by atoms with Gasteiger partial charge in [-0.1, -0.05) is 12.1 Å². The molecule has 4 rings (SSSR count). The van der Waals surface area contributed by atoms with Crippen molar-refractivity contribution in [2.75, 3.05) is 46.1 Å². The molecule has 1 aliphatic rings. The minimum atomic E-state index is -4.43. The molecule has 0 atom stereocenters. The molecule has 0 spiro atoms. The Hall–Kier alpha value is -3.46. The summed E-state index contributed by atoms with van der Waals surface area (Å²) in [6, 6.07) is 11.4. The number of hydrogen-bond acceptors (Lipinski definition) is 8. The van der Waals surface area contributed by atoms with Crippen LogP contribution in [0.3, 0.4) is 0 Å². The van der Waals surface area contributed by atoms with Gasteiger partial charge in [-0.15, -0.1) is 0 Å². The van der Waals surface area contributed by atoms with E-state index in [9.17, 15) is 26.4 Å². The zero-order valence-corrected chi connectivity index (χ0v) is 24.0. The van der Waals surface area contributed by atoms with Crippen LogP contribution in [0.5, 0.6) is 5.75 Å². The molecule has 10 nitrogen and oxygen atoms in total. The van der Waals surface area contributed by atoms with Crippen molar-refractivity contribution in [3.05, 3.63) is 71.1 Å². The van der Waals surface area contributed by atoms with Crippen molar-refractivity contribution < 1.29 is 45.0 Å². The van der Waals surface area contributed by atoms with Gasteiger partial charge in [0, 0.05) is 31.6 Å². The first kappa shape index (κ1) is 31.5. The van der Waals surface area contributed by atoms with E-state index in [4.69, 9.17) is 18.6 Å². The van der Waals surface area contributed by atoms with Gasteiger partial charge < -0.3 is 18.6 Å². The Morgan fingerprint density at radius 3 is 2.50 bits per heavy atom. The van der Waals surface area contributed by atoms with Gasteiger partial charge in [0.25, 0.3) is 10.2 Å². The predicted octanol–water partition coefficient (Wildman–Crippen LogP) is 4.23. The summed E-state index contributed by atoms with van der Waals surface area (Å²) in [7, 11) is -3.97. The van der Waals surface area contributed by atoms with Crippen LogP contribution >= 0.6 is 0 Å². The van der Waals surface area contributed by atoms with Crippen molar-refractivity contribution >= 4 is 16.2 Å².